The number of rotatable bonds is 5. The molecule has 13 heteroatoms. The Labute approximate surface area is 211 Å². The van der Waals surface area contributed by atoms with Crippen LogP contribution in [0, 0.1) is 11.6 Å². The molecule has 4 rings (SSSR count). The van der Waals surface area contributed by atoms with E-state index >= 15 is 0 Å². The van der Waals surface area contributed by atoms with Crippen molar-refractivity contribution in [1.29, 1.82) is 0 Å². The van der Waals surface area contributed by atoms with E-state index in [1.165, 1.54) is 11.1 Å². The summed E-state index contributed by atoms with van der Waals surface area (Å²) in [6, 6.07) is 2.25. The summed E-state index contributed by atoms with van der Waals surface area (Å²) in [6.07, 6.45) is 1.45. The molecule has 0 saturated carbocycles. The number of halogens is 3. The first-order valence-electron chi connectivity index (χ1n) is 10.8. The number of nitrogens with one attached hydrogen (secondary N) is 1. The molecule has 0 radical (unpaired) electrons. The Morgan fingerprint density at radius 3 is 2.63 bits per heavy atom. The van der Waals surface area contributed by atoms with Crippen molar-refractivity contribution in [3.63, 3.8) is 0 Å². The second kappa shape index (κ2) is 10.8. The van der Waals surface area contributed by atoms with Gasteiger partial charge in [0.15, 0.2) is 5.82 Å². The van der Waals surface area contributed by atoms with Crippen LogP contribution in [0.2, 0.25) is 0 Å². The maximum Gasteiger partial charge on any atom is 0.416 e. The number of aromatic nitrogens is 2. The Morgan fingerprint density at radius 1 is 1.34 bits per heavy atom. The van der Waals surface area contributed by atoms with Crippen molar-refractivity contribution >= 4 is 53.4 Å². The van der Waals surface area contributed by atoms with E-state index in [2.05, 4.69) is 14.1 Å². The molecule has 0 spiro atoms. The lowest BCUT2D eigenvalue weighted by Crippen LogP contribution is -2.42. The second-order valence-electron chi connectivity index (χ2n) is 8.94. The Kier molecular flexibility index (Phi) is 8.29. The first-order valence-corrected chi connectivity index (χ1v) is 11.5. The van der Waals surface area contributed by atoms with E-state index in [0.29, 0.717) is 25.1 Å². The van der Waals surface area contributed by atoms with Gasteiger partial charge in [-0.2, -0.15) is 8.75 Å². The van der Waals surface area contributed by atoms with Crippen molar-refractivity contribution in [3.05, 3.63) is 41.6 Å². The molecule has 2 aliphatic rings. The molecular weight excluding hydrogens is 504 g/mol. The third-order valence-electron chi connectivity index (χ3n) is 5.22. The second-order valence-corrected chi connectivity index (χ2v) is 9.50. The van der Waals surface area contributed by atoms with Gasteiger partial charge in [0.2, 0.25) is 0 Å². The summed E-state index contributed by atoms with van der Waals surface area (Å²) in [5, 5.41) is 3.10. The van der Waals surface area contributed by atoms with E-state index in [1.807, 2.05) is 0 Å². The minimum Gasteiger partial charge on any atom is -0.443 e. The topological polar surface area (TPSA) is 96.9 Å². The number of ether oxygens (including phenoxy) is 2. The molecule has 1 aromatic heterocycles. The van der Waals surface area contributed by atoms with Gasteiger partial charge in [-0.1, -0.05) is 6.08 Å². The van der Waals surface area contributed by atoms with Crippen molar-refractivity contribution in [1.82, 2.24) is 14.1 Å². The zero-order chi connectivity index (χ0) is 24.5. The highest BCUT2D eigenvalue weighted by molar-refractivity contribution is 6.99. The van der Waals surface area contributed by atoms with Gasteiger partial charge in [0.1, 0.15) is 23.3 Å². The van der Waals surface area contributed by atoms with Crippen LogP contribution in [0.15, 0.2) is 24.4 Å². The van der Waals surface area contributed by atoms with Crippen LogP contribution in [0.5, 0.6) is 0 Å². The molecule has 190 valence electrons. The van der Waals surface area contributed by atoms with Gasteiger partial charge in [0, 0.05) is 12.1 Å². The Balaban J connectivity index is 0.00000342. The molecule has 1 aromatic carbocycles. The SMILES string of the molecule is CC(C)(C)OC(=O)N(C[C@H]1CN(c2cc(F)c(C3=CCNCC3)c(F)c2)C(=O)O1)c1cnsn1.Cl. The molecule has 2 amide bonds. The number of hydrogen-bond donors (Lipinski definition) is 1. The summed E-state index contributed by atoms with van der Waals surface area (Å²) in [6.45, 7) is 6.28. The van der Waals surface area contributed by atoms with E-state index in [0.717, 1.165) is 28.8 Å². The molecule has 2 aliphatic heterocycles. The highest BCUT2D eigenvalue weighted by atomic mass is 35.5. The smallest absolute Gasteiger partial charge is 0.416 e. The van der Waals surface area contributed by atoms with Crippen LogP contribution in [0.3, 0.4) is 0 Å². The predicted octanol–water partition coefficient (Wildman–Crippen LogP) is 4.38. The fraction of sp³-hybridized carbons (Fsp3) is 0.455. The van der Waals surface area contributed by atoms with Crippen LogP contribution in [0.1, 0.15) is 32.8 Å². The van der Waals surface area contributed by atoms with Gasteiger partial charge in [0.05, 0.1) is 36.7 Å². The Bertz CT molecular complexity index is 1090. The van der Waals surface area contributed by atoms with E-state index in [-0.39, 0.29) is 42.6 Å². The number of nitrogens with zero attached hydrogens (tertiary/aromatic N) is 4. The molecule has 0 bridgehead atoms. The normalized spacial score (nSPS) is 18.0. The molecule has 35 heavy (non-hydrogen) atoms. The highest BCUT2D eigenvalue weighted by Gasteiger charge is 2.37. The lowest BCUT2D eigenvalue weighted by molar-refractivity contribution is 0.0557. The zero-order valence-electron chi connectivity index (χ0n) is 19.4. The number of amides is 2. The van der Waals surface area contributed by atoms with E-state index in [4.69, 9.17) is 9.47 Å². The molecule has 3 heterocycles. The molecule has 2 aromatic rings. The van der Waals surface area contributed by atoms with Crippen molar-refractivity contribution in [2.24, 2.45) is 0 Å². The maximum absolute atomic E-state index is 14.9. The van der Waals surface area contributed by atoms with Gasteiger partial charge in [-0.05, 0) is 51.4 Å². The number of carbonyl (C=O) groups excluding carboxylic acids is 2. The Hall–Kier alpha value is -2.83. The summed E-state index contributed by atoms with van der Waals surface area (Å²) >= 11 is 0.916. The summed E-state index contributed by atoms with van der Waals surface area (Å²) in [7, 11) is 0. The van der Waals surface area contributed by atoms with Gasteiger partial charge < -0.3 is 14.8 Å². The number of cyclic esters (lactones) is 1. The summed E-state index contributed by atoms with van der Waals surface area (Å²) in [5.41, 5.74) is -0.203. The standard InChI is InChI=1S/C22H25F2N5O4S.ClH/c1-22(2,3)33-21(31)29(18-10-26-34-27-18)12-15-11-28(20(30)32-15)14-8-16(23)19(17(24)9-14)13-4-6-25-7-5-13;/h4,8-10,15,25H,5-7,11-12H2,1-3H3;1H/t15-;/m1./s1. The molecule has 1 N–H and O–H groups in total. The van der Waals surface area contributed by atoms with Gasteiger partial charge in [-0.15, -0.1) is 12.4 Å². The molecule has 0 aliphatic carbocycles. The quantitative estimate of drug-likeness (QED) is 0.614. The third-order valence-corrected chi connectivity index (χ3v) is 5.69. The molecule has 9 nitrogen and oxygen atoms in total. The summed E-state index contributed by atoms with van der Waals surface area (Å²) < 4.78 is 48.6. The molecule has 1 saturated heterocycles. The monoisotopic (exact) mass is 529 g/mol. The van der Waals surface area contributed by atoms with Gasteiger partial charge >= 0.3 is 12.2 Å². The zero-order valence-corrected chi connectivity index (χ0v) is 21.0. The fourth-order valence-electron chi connectivity index (χ4n) is 3.76. The molecule has 0 unspecified atom stereocenters. The average molecular weight is 530 g/mol. The number of carbonyl (C=O) groups is 2. The van der Waals surface area contributed by atoms with Gasteiger partial charge in [0.25, 0.3) is 0 Å². The van der Waals surface area contributed by atoms with E-state index in [9.17, 15) is 18.4 Å². The Morgan fingerprint density at radius 2 is 2.06 bits per heavy atom. The summed E-state index contributed by atoms with van der Waals surface area (Å²) in [5.74, 6) is -1.24. The average Bonchev–Trinajstić information content (AvgIpc) is 3.40. The van der Waals surface area contributed by atoms with Crippen molar-refractivity contribution in [2.75, 3.05) is 36.0 Å². The molecular formula is C22H26ClF2N5O4S. The molecule has 1 fully saturated rings. The van der Waals surface area contributed by atoms with Crippen LogP contribution >= 0.6 is 24.1 Å². The largest absolute Gasteiger partial charge is 0.443 e. The maximum atomic E-state index is 14.9. The van der Waals surface area contributed by atoms with Gasteiger partial charge in [-0.3, -0.25) is 9.80 Å². The predicted molar refractivity (Wildman–Crippen MR) is 130 cm³/mol. The van der Waals surface area contributed by atoms with Crippen molar-refractivity contribution < 1.29 is 27.8 Å². The minimum absolute atomic E-state index is 0. The fourth-order valence-corrected chi connectivity index (χ4v) is 4.18. The van der Waals surface area contributed by atoms with E-state index in [1.54, 1.807) is 26.8 Å². The van der Waals surface area contributed by atoms with Crippen LogP contribution in [-0.4, -0.2) is 58.8 Å². The number of hydrogen-bond acceptors (Lipinski definition) is 8. The first-order chi connectivity index (χ1) is 16.1. The number of benzene rings is 1. The lowest BCUT2D eigenvalue weighted by Gasteiger charge is -2.27. The third kappa shape index (κ3) is 6.24. The lowest BCUT2D eigenvalue weighted by atomic mass is 9.98. The first kappa shape index (κ1) is 26.8. The highest BCUT2D eigenvalue weighted by Crippen LogP contribution is 2.31. The van der Waals surface area contributed by atoms with Crippen molar-refractivity contribution in [3.8, 4) is 0 Å². The molecule has 1 atom stereocenters. The van der Waals surface area contributed by atoms with Crippen LogP contribution in [0.4, 0.5) is 29.9 Å². The van der Waals surface area contributed by atoms with Crippen LogP contribution in [0.25, 0.3) is 5.57 Å². The summed E-state index contributed by atoms with van der Waals surface area (Å²) in [4.78, 5) is 27.6. The van der Waals surface area contributed by atoms with Gasteiger partial charge in [-0.25, -0.2) is 18.4 Å². The van der Waals surface area contributed by atoms with Crippen LogP contribution < -0.4 is 15.1 Å². The minimum atomic E-state index is -0.778. The van der Waals surface area contributed by atoms with Crippen LogP contribution in [-0.2, 0) is 9.47 Å². The van der Waals surface area contributed by atoms with Crippen molar-refractivity contribution in [2.45, 2.75) is 38.9 Å². The van der Waals surface area contributed by atoms with E-state index < -0.39 is 35.5 Å². The number of anilines is 2.